The van der Waals surface area contributed by atoms with Crippen LogP contribution in [0, 0.1) is 5.92 Å². The highest BCUT2D eigenvalue weighted by atomic mass is 16.5. The lowest BCUT2D eigenvalue weighted by Gasteiger charge is -2.31. The first-order valence-corrected chi connectivity index (χ1v) is 15.3. The second-order valence-corrected chi connectivity index (χ2v) is 11.2. The third kappa shape index (κ3) is 6.55. The van der Waals surface area contributed by atoms with Gasteiger partial charge in [0.1, 0.15) is 11.5 Å². The minimum absolute atomic E-state index is 0.151. The Morgan fingerprint density at radius 3 is 2.47 bits per heavy atom. The molecule has 45 heavy (non-hydrogen) atoms. The number of rotatable bonds is 9. The summed E-state index contributed by atoms with van der Waals surface area (Å²) < 4.78 is 18.0. The predicted molar refractivity (Wildman–Crippen MR) is 170 cm³/mol. The number of ether oxygens (including phenoxy) is 3. The zero-order valence-corrected chi connectivity index (χ0v) is 25.5. The van der Waals surface area contributed by atoms with Gasteiger partial charge in [-0.2, -0.15) is 9.78 Å². The van der Waals surface area contributed by atoms with Crippen molar-refractivity contribution in [1.29, 1.82) is 0 Å². The molecule has 3 aromatic carbocycles. The van der Waals surface area contributed by atoms with E-state index in [4.69, 9.17) is 14.2 Å². The molecule has 0 bridgehead atoms. The summed E-state index contributed by atoms with van der Waals surface area (Å²) in [6.07, 6.45) is 6.15. The summed E-state index contributed by atoms with van der Waals surface area (Å²) in [4.78, 5) is 41.1. The lowest BCUT2D eigenvalue weighted by molar-refractivity contribution is -0.149. The average molecular weight is 609 g/mol. The summed E-state index contributed by atoms with van der Waals surface area (Å²) in [6, 6.07) is 20.0. The van der Waals surface area contributed by atoms with Crippen LogP contribution < -0.4 is 20.3 Å². The number of carbonyl (C=O) groups excluding carboxylic acids is 2. The van der Waals surface area contributed by atoms with Gasteiger partial charge in [0.15, 0.2) is 11.4 Å². The van der Waals surface area contributed by atoms with Gasteiger partial charge < -0.3 is 24.4 Å². The Morgan fingerprint density at radius 2 is 1.71 bits per heavy atom. The fourth-order valence-electron chi connectivity index (χ4n) is 5.91. The topological polar surface area (TPSA) is 112 Å². The number of benzene rings is 3. The number of amides is 1. The van der Waals surface area contributed by atoms with Gasteiger partial charge in [0.25, 0.3) is 11.5 Å². The van der Waals surface area contributed by atoms with Crippen LogP contribution in [-0.4, -0.2) is 53.4 Å². The number of carbonyl (C=O) groups is 2. The molecule has 0 radical (unpaired) electrons. The van der Waals surface area contributed by atoms with Gasteiger partial charge in [-0.3, -0.25) is 14.4 Å². The standard InChI is InChI=1S/C35H36N4O6/c1-3-44-35(42)26-8-5-19-38(22-26)33(40)24-9-12-27(13-10-24)37-32-31(45-30-16-11-23-6-4-7-25(23)20-30)21-36-39(34(32)41)28-14-17-29(43-2)18-15-28/h9-18,20-21,26,37H,3-8,19,22H2,1-2H3/t26-/m1/s1. The Hall–Kier alpha value is -5.12. The van der Waals surface area contributed by atoms with Gasteiger partial charge >= 0.3 is 5.97 Å². The molecular formula is C35H36N4O6. The van der Waals surface area contributed by atoms with Crippen LogP contribution in [0.1, 0.15) is 47.7 Å². The van der Waals surface area contributed by atoms with Crippen molar-refractivity contribution in [1.82, 2.24) is 14.7 Å². The smallest absolute Gasteiger partial charge is 0.310 e. The molecule has 1 amide bonds. The number of nitrogens with zero attached hydrogens (tertiary/aromatic N) is 3. The van der Waals surface area contributed by atoms with Crippen LogP contribution in [0.5, 0.6) is 17.2 Å². The van der Waals surface area contributed by atoms with Crippen LogP contribution in [0.25, 0.3) is 5.69 Å². The van der Waals surface area contributed by atoms with Crippen molar-refractivity contribution in [3.63, 3.8) is 0 Å². The molecule has 1 aliphatic heterocycles. The molecule has 10 nitrogen and oxygen atoms in total. The summed E-state index contributed by atoms with van der Waals surface area (Å²) in [5.74, 6) is 0.850. The molecule has 10 heteroatoms. The second-order valence-electron chi connectivity index (χ2n) is 11.2. The van der Waals surface area contributed by atoms with E-state index in [-0.39, 0.29) is 29.2 Å². The largest absolute Gasteiger partial charge is 0.497 e. The Kier molecular flexibility index (Phi) is 8.81. The average Bonchev–Trinajstić information content (AvgIpc) is 3.55. The molecule has 1 fully saturated rings. The number of piperidine rings is 1. The Morgan fingerprint density at radius 1 is 0.956 bits per heavy atom. The van der Waals surface area contributed by atoms with E-state index in [2.05, 4.69) is 16.5 Å². The molecule has 1 aromatic heterocycles. The van der Waals surface area contributed by atoms with Crippen LogP contribution in [-0.2, 0) is 22.4 Å². The number of anilines is 2. The quantitative estimate of drug-likeness (QED) is 0.242. The second kappa shape index (κ2) is 13.3. The van der Waals surface area contributed by atoms with Crippen LogP contribution in [0.4, 0.5) is 11.4 Å². The first-order chi connectivity index (χ1) is 21.9. The van der Waals surface area contributed by atoms with Gasteiger partial charge in [-0.05, 0) is 111 Å². The Bertz CT molecular complexity index is 1750. The number of hydrogen-bond acceptors (Lipinski definition) is 8. The predicted octanol–water partition coefficient (Wildman–Crippen LogP) is 5.68. The molecule has 1 saturated heterocycles. The van der Waals surface area contributed by atoms with Crippen molar-refractivity contribution in [3.8, 4) is 22.9 Å². The van der Waals surface area contributed by atoms with E-state index in [1.807, 2.05) is 12.1 Å². The van der Waals surface area contributed by atoms with Gasteiger partial charge in [0, 0.05) is 24.3 Å². The van der Waals surface area contributed by atoms with E-state index in [9.17, 15) is 14.4 Å². The summed E-state index contributed by atoms with van der Waals surface area (Å²) in [6.45, 7) is 3.02. The van der Waals surface area contributed by atoms with Crippen molar-refractivity contribution >= 4 is 23.3 Å². The van der Waals surface area contributed by atoms with Crippen molar-refractivity contribution in [2.24, 2.45) is 5.92 Å². The van der Waals surface area contributed by atoms with E-state index in [1.54, 1.807) is 67.5 Å². The van der Waals surface area contributed by atoms with Crippen LogP contribution in [0.2, 0.25) is 0 Å². The highest BCUT2D eigenvalue weighted by Gasteiger charge is 2.30. The number of likely N-dealkylation sites (tertiary alicyclic amines) is 1. The Balaban J connectivity index is 1.26. The molecule has 0 saturated carbocycles. The molecule has 1 aliphatic carbocycles. The number of methoxy groups -OCH3 is 1. The summed E-state index contributed by atoms with van der Waals surface area (Å²) >= 11 is 0. The minimum Gasteiger partial charge on any atom is -0.497 e. The van der Waals surface area contributed by atoms with E-state index in [0.717, 1.165) is 25.7 Å². The molecular weight excluding hydrogens is 572 g/mol. The van der Waals surface area contributed by atoms with E-state index < -0.39 is 5.56 Å². The van der Waals surface area contributed by atoms with Crippen molar-refractivity contribution in [2.45, 2.75) is 39.0 Å². The lowest BCUT2D eigenvalue weighted by atomic mass is 9.97. The number of hydrogen-bond donors (Lipinski definition) is 1. The molecule has 0 unspecified atom stereocenters. The van der Waals surface area contributed by atoms with Crippen LogP contribution >= 0.6 is 0 Å². The van der Waals surface area contributed by atoms with Gasteiger partial charge in [0.2, 0.25) is 0 Å². The number of aromatic nitrogens is 2. The summed E-state index contributed by atoms with van der Waals surface area (Å²) in [5, 5.41) is 7.63. The first-order valence-electron chi connectivity index (χ1n) is 15.3. The van der Waals surface area contributed by atoms with E-state index in [1.165, 1.54) is 22.0 Å². The highest BCUT2D eigenvalue weighted by molar-refractivity contribution is 5.95. The third-order valence-electron chi connectivity index (χ3n) is 8.29. The van der Waals surface area contributed by atoms with Gasteiger partial charge in [-0.1, -0.05) is 6.07 Å². The number of esters is 1. The van der Waals surface area contributed by atoms with Crippen molar-refractivity contribution < 1.29 is 23.8 Å². The maximum Gasteiger partial charge on any atom is 0.310 e. The van der Waals surface area contributed by atoms with Gasteiger partial charge in [-0.15, -0.1) is 0 Å². The van der Waals surface area contributed by atoms with Crippen LogP contribution in [0.3, 0.4) is 0 Å². The first kappa shape index (κ1) is 29.9. The zero-order chi connectivity index (χ0) is 31.3. The highest BCUT2D eigenvalue weighted by Crippen LogP contribution is 2.32. The SMILES string of the molecule is CCOC(=O)[C@@H]1CCCN(C(=O)c2ccc(Nc3c(Oc4ccc5c(c4)CCC5)cnn(-c4ccc(OC)cc4)c3=O)cc2)C1. The fourth-order valence-corrected chi connectivity index (χ4v) is 5.91. The molecule has 1 atom stereocenters. The molecule has 2 aliphatic rings. The van der Waals surface area contributed by atoms with E-state index >= 15 is 0 Å². The van der Waals surface area contributed by atoms with Gasteiger partial charge in [0.05, 0.1) is 31.5 Å². The molecule has 4 aromatic rings. The summed E-state index contributed by atoms with van der Waals surface area (Å²) in [7, 11) is 1.58. The number of nitrogens with one attached hydrogen (secondary N) is 1. The molecule has 6 rings (SSSR count). The molecule has 1 N–H and O–H groups in total. The van der Waals surface area contributed by atoms with Gasteiger partial charge in [-0.25, -0.2) is 0 Å². The fraction of sp³-hybridized carbons (Fsp3) is 0.314. The Labute approximate surface area is 261 Å². The maximum atomic E-state index is 13.9. The van der Waals surface area contributed by atoms with Crippen molar-refractivity contribution in [2.75, 3.05) is 32.1 Å². The molecule has 2 heterocycles. The zero-order valence-electron chi connectivity index (χ0n) is 25.5. The number of fused-ring (bicyclic) bond motifs is 1. The normalized spacial score (nSPS) is 15.7. The summed E-state index contributed by atoms with van der Waals surface area (Å²) in [5.41, 5.74) is 4.03. The van der Waals surface area contributed by atoms with Crippen LogP contribution in [0.15, 0.2) is 77.7 Å². The lowest BCUT2D eigenvalue weighted by Crippen LogP contribution is -2.42. The monoisotopic (exact) mass is 608 g/mol. The minimum atomic E-state index is -0.405. The van der Waals surface area contributed by atoms with E-state index in [0.29, 0.717) is 54.6 Å². The molecule has 232 valence electrons. The third-order valence-corrected chi connectivity index (χ3v) is 8.29. The van der Waals surface area contributed by atoms with Crippen molar-refractivity contribution in [3.05, 3.63) is 100.0 Å². The molecule has 0 spiro atoms. The number of aryl methyl sites for hydroxylation is 2. The maximum absolute atomic E-state index is 13.9.